The van der Waals surface area contributed by atoms with Gasteiger partial charge < -0.3 is 10.5 Å². The summed E-state index contributed by atoms with van der Waals surface area (Å²) in [6, 6.07) is 16.8. The average molecular weight is 622 g/mol. The van der Waals surface area contributed by atoms with Gasteiger partial charge in [0.25, 0.3) is 5.69 Å². The highest BCUT2D eigenvalue weighted by Crippen LogP contribution is 2.69. The minimum atomic E-state index is -1.79. The molecule has 1 heterocycles. The molecule has 2 N–H and O–H groups in total. The van der Waals surface area contributed by atoms with E-state index in [0.29, 0.717) is 27.2 Å². The Hall–Kier alpha value is -4.61. The third-order valence-electron chi connectivity index (χ3n) is 8.34. The predicted molar refractivity (Wildman–Crippen MR) is 151 cm³/mol. The number of primary amides is 1. The molecule has 0 spiro atoms. The van der Waals surface area contributed by atoms with Crippen LogP contribution in [0, 0.1) is 22.0 Å². The van der Waals surface area contributed by atoms with E-state index in [1.807, 2.05) is 0 Å². The number of benzene rings is 3. The maximum Gasteiger partial charge on any atom is 0.330 e. The number of nitro benzene ring substituents is 1. The molecule has 13 heteroatoms. The van der Waals surface area contributed by atoms with Crippen molar-refractivity contribution < 1.29 is 33.6 Å². The largest absolute Gasteiger partial charge is 0.456 e. The maximum atomic E-state index is 14.2. The quantitative estimate of drug-likeness (QED) is 0.0999. The molecule has 4 aliphatic rings. The van der Waals surface area contributed by atoms with Crippen molar-refractivity contribution in [2.75, 3.05) is 6.61 Å². The number of nitrogens with zero attached hydrogens (tertiary/aromatic N) is 2. The van der Waals surface area contributed by atoms with Gasteiger partial charge in [-0.2, -0.15) is 0 Å². The fourth-order valence-corrected chi connectivity index (χ4v) is 7.65. The van der Waals surface area contributed by atoms with Gasteiger partial charge in [0.1, 0.15) is 15.8 Å². The molecule has 7 rings (SSSR count). The first-order valence-electron chi connectivity index (χ1n) is 13.1. The second-order valence-corrected chi connectivity index (χ2v) is 11.7. The van der Waals surface area contributed by atoms with E-state index in [0.717, 1.165) is 12.1 Å². The topological polar surface area (TPSA) is 167 Å². The van der Waals surface area contributed by atoms with Crippen LogP contribution in [0.25, 0.3) is 0 Å². The molecule has 0 aromatic heterocycles. The Bertz CT molecular complexity index is 1640. The Morgan fingerprint density at radius 3 is 1.70 bits per heavy atom. The van der Waals surface area contributed by atoms with Gasteiger partial charge in [0.2, 0.25) is 17.7 Å². The van der Waals surface area contributed by atoms with Gasteiger partial charge in [-0.1, -0.05) is 48.5 Å². The van der Waals surface area contributed by atoms with E-state index in [2.05, 4.69) is 0 Å². The number of hydrogen-bond acceptors (Lipinski definition) is 8. The highest BCUT2D eigenvalue weighted by molar-refractivity contribution is 6.36. The number of hydrogen-bond donors (Lipinski definition) is 1. The highest BCUT2D eigenvalue weighted by atomic mass is 35.5. The number of nitrogens with two attached hydrogens (primary N) is 1. The van der Waals surface area contributed by atoms with Crippen LogP contribution in [-0.4, -0.2) is 51.9 Å². The fraction of sp³-hybridized carbons (Fsp3) is 0.233. The number of esters is 1. The van der Waals surface area contributed by atoms with Gasteiger partial charge in [-0.25, -0.2) is 4.79 Å². The second-order valence-electron chi connectivity index (χ2n) is 10.5. The zero-order valence-corrected chi connectivity index (χ0v) is 23.6. The zero-order valence-electron chi connectivity index (χ0n) is 22.1. The van der Waals surface area contributed by atoms with Crippen LogP contribution >= 0.6 is 23.2 Å². The number of carbonyl (C=O) groups is 5. The third kappa shape index (κ3) is 3.99. The third-order valence-corrected chi connectivity index (χ3v) is 9.63. The number of likely N-dealkylation sites (tertiary alicyclic amines) is 1. The van der Waals surface area contributed by atoms with Crippen molar-refractivity contribution in [2.45, 2.75) is 22.2 Å². The fourth-order valence-electron chi connectivity index (χ4n) is 6.55. The minimum absolute atomic E-state index is 0.0180. The summed E-state index contributed by atoms with van der Waals surface area (Å²) in [5, 5.41) is 10.9. The number of rotatable bonds is 8. The number of ketones is 1. The van der Waals surface area contributed by atoms with E-state index < -0.39 is 75.1 Å². The molecule has 1 aliphatic heterocycles. The molecule has 3 amide bonds. The monoisotopic (exact) mass is 621 g/mol. The van der Waals surface area contributed by atoms with Crippen molar-refractivity contribution in [1.82, 2.24) is 4.90 Å². The molecule has 3 atom stereocenters. The Kier molecular flexibility index (Phi) is 6.62. The van der Waals surface area contributed by atoms with Crippen molar-refractivity contribution in [1.29, 1.82) is 0 Å². The van der Waals surface area contributed by atoms with Gasteiger partial charge in [-0.3, -0.25) is 34.2 Å². The number of halogens is 2. The molecule has 3 aromatic carbocycles. The zero-order chi connectivity index (χ0) is 30.8. The molecule has 11 nitrogen and oxygen atoms in total. The molecule has 0 unspecified atom stereocenters. The lowest BCUT2D eigenvalue weighted by Crippen LogP contribution is -2.57. The maximum absolute atomic E-state index is 14.2. The SMILES string of the molecule is NC(=O)C[C@H](C(=O)OCC(=O)c1ccc([N+](=O)[O-])cc1)N1C(=O)[C@H]2[C@H](C1=O)C1(Cl)c3ccccc3C2(Cl)c2ccccc21. The number of alkyl halides is 2. The molecule has 0 radical (unpaired) electrons. The van der Waals surface area contributed by atoms with Crippen LogP contribution in [0.15, 0.2) is 72.8 Å². The summed E-state index contributed by atoms with van der Waals surface area (Å²) in [5.41, 5.74) is 7.40. The van der Waals surface area contributed by atoms with E-state index in [9.17, 15) is 34.1 Å². The number of ether oxygens (including phenoxy) is 1. The molecule has 0 saturated carbocycles. The lowest BCUT2D eigenvalue weighted by molar-refractivity contribution is -0.384. The molecule has 218 valence electrons. The number of amides is 3. The molecular weight excluding hydrogens is 601 g/mol. The van der Waals surface area contributed by atoms with E-state index in [4.69, 9.17) is 33.7 Å². The number of nitro groups is 1. The first kappa shape index (κ1) is 28.5. The molecule has 1 fully saturated rings. The van der Waals surface area contributed by atoms with Gasteiger partial charge in [-0.15, -0.1) is 23.2 Å². The molecule has 1 saturated heterocycles. The Morgan fingerprint density at radius 1 is 0.860 bits per heavy atom. The molecule has 3 aromatic rings. The Balaban J connectivity index is 1.34. The number of non-ortho nitro benzene ring substituents is 1. The van der Waals surface area contributed by atoms with Crippen LogP contribution in [0.4, 0.5) is 5.69 Å². The summed E-state index contributed by atoms with van der Waals surface area (Å²) in [6.07, 6.45) is -0.772. The van der Waals surface area contributed by atoms with Crippen molar-refractivity contribution in [3.8, 4) is 0 Å². The summed E-state index contributed by atoms with van der Waals surface area (Å²) in [4.78, 5) is 74.2. The van der Waals surface area contributed by atoms with Crippen LogP contribution in [0.2, 0.25) is 0 Å². The van der Waals surface area contributed by atoms with Crippen LogP contribution in [0.1, 0.15) is 39.0 Å². The van der Waals surface area contributed by atoms with Crippen LogP contribution < -0.4 is 5.73 Å². The lowest BCUT2D eigenvalue weighted by atomic mass is 9.54. The molecule has 43 heavy (non-hydrogen) atoms. The number of Topliss-reactive ketones (excluding diaryl/α,β-unsaturated/α-hetero) is 1. The second kappa shape index (κ2) is 9.99. The van der Waals surface area contributed by atoms with E-state index >= 15 is 0 Å². The van der Waals surface area contributed by atoms with Gasteiger partial charge in [-0.05, 0) is 34.4 Å². The van der Waals surface area contributed by atoms with E-state index in [1.165, 1.54) is 12.1 Å². The summed E-state index contributed by atoms with van der Waals surface area (Å²) < 4.78 is 5.16. The summed E-state index contributed by atoms with van der Waals surface area (Å²) in [5.74, 6) is -7.05. The number of carbonyl (C=O) groups excluding carboxylic acids is 5. The van der Waals surface area contributed by atoms with E-state index in [1.54, 1.807) is 48.5 Å². The molecular formula is C30H21Cl2N3O8. The van der Waals surface area contributed by atoms with Gasteiger partial charge >= 0.3 is 5.97 Å². The van der Waals surface area contributed by atoms with Crippen LogP contribution in [0.5, 0.6) is 0 Å². The van der Waals surface area contributed by atoms with Crippen molar-refractivity contribution >= 4 is 58.4 Å². The highest BCUT2D eigenvalue weighted by Gasteiger charge is 2.73. The summed E-state index contributed by atoms with van der Waals surface area (Å²) in [6.45, 7) is -0.829. The molecule has 3 aliphatic carbocycles. The average Bonchev–Trinajstić information content (AvgIpc) is 3.27. The first-order chi connectivity index (χ1) is 20.4. The Morgan fingerprint density at radius 2 is 1.30 bits per heavy atom. The minimum Gasteiger partial charge on any atom is -0.456 e. The lowest BCUT2D eigenvalue weighted by Gasteiger charge is -2.54. The van der Waals surface area contributed by atoms with Crippen LogP contribution in [0.3, 0.4) is 0 Å². The first-order valence-corrected chi connectivity index (χ1v) is 13.8. The van der Waals surface area contributed by atoms with Crippen molar-refractivity contribution in [2.24, 2.45) is 17.6 Å². The standard InChI is InChI=1S/C30H21Cl2N3O8/c31-29-17-5-1-2-6-18(17)30(32,20-8-4-3-7-19(20)29)25-24(29)26(38)34(27(25)39)21(13-23(33)37)28(40)43-14-22(36)15-9-11-16(12-10-15)35(41)42/h1-12,21,24-25H,13-14H2,(H2,33,37)/t21-,24-,25-,29?,30?/m1/s1. The van der Waals surface area contributed by atoms with Crippen molar-refractivity contribution in [3.05, 3.63) is 111 Å². The van der Waals surface area contributed by atoms with Crippen LogP contribution in [-0.2, 0) is 33.7 Å². The smallest absolute Gasteiger partial charge is 0.330 e. The van der Waals surface area contributed by atoms with Gasteiger partial charge in [0.15, 0.2) is 12.4 Å². The van der Waals surface area contributed by atoms with Gasteiger partial charge in [0, 0.05) is 17.7 Å². The molecule has 2 bridgehead atoms. The van der Waals surface area contributed by atoms with E-state index in [-0.39, 0.29) is 11.3 Å². The van der Waals surface area contributed by atoms with Gasteiger partial charge in [0.05, 0.1) is 23.2 Å². The van der Waals surface area contributed by atoms with Crippen molar-refractivity contribution in [3.63, 3.8) is 0 Å². The summed E-state index contributed by atoms with van der Waals surface area (Å²) >= 11 is 14.8. The summed E-state index contributed by atoms with van der Waals surface area (Å²) in [7, 11) is 0. The normalized spacial score (nSPS) is 25.4. The number of imide groups is 1. The Labute approximate surface area is 253 Å². The predicted octanol–water partition coefficient (Wildman–Crippen LogP) is 3.16.